The normalized spacial score (nSPS) is 20.8. The molecule has 0 nitrogen and oxygen atoms in total. The van der Waals surface area contributed by atoms with E-state index in [4.69, 9.17) is 0 Å². The number of fused-ring (bicyclic) bond motifs is 4. The lowest BCUT2D eigenvalue weighted by Crippen LogP contribution is -2.33. The van der Waals surface area contributed by atoms with Crippen LogP contribution in [0.3, 0.4) is 0 Å². The van der Waals surface area contributed by atoms with Crippen LogP contribution in [-0.2, 0) is 0 Å². The minimum Gasteiger partial charge on any atom is -0.142 e. The summed E-state index contributed by atoms with van der Waals surface area (Å²) >= 11 is 1.94. The summed E-state index contributed by atoms with van der Waals surface area (Å²) in [6, 6.07) is 11.0. The first-order valence-corrected chi connectivity index (χ1v) is 14.0. The van der Waals surface area contributed by atoms with Gasteiger partial charge in [-0.25, -0.2) is 0 Å². The van der Waals surface area contributed by atoms with E-state index in [2.05, 4.69) is 90.4 Å². The number of hydrogen-bond acceptors (Lipinski definition) is 1. The average molecular weight is 471 g/mol. The maximum Gasteiger partial charge on any atom is 0.0439 e. The molecule has 7 rings (SSSR count). The molecule has 172 valence electrons. The summed E-state index contributed by atoms with van der Waals surface area (Å²) in [6.07, 6.45) is 30.0. The molecular weight excluding hydrogens is 440 g/mol. The van der Waals surface area contributed by atoms with E-state index in [0.717, 1.165) is 32.1 Å². The van der Waals surface area contributed by atoms with Crippen LogP contribution in [0, 0.1) is 5.92 Å². The summed E-state index contributed by atoms with van der Waals surface area (Å²) in [7, 11) is 0. The quantitative estimate of drug-likeness (QED) is 0.361. The monoisotopic (exact) mass is 470 g/mol. The molecule has 0 fully saturated rings. The van der Waals surface area contributed by atoms with Gasteiger partial charge in [-0.2, -0.15) is 0 Å². The van der Waals surface area contributed by atoms with Crippen molar-refractivity contribution < 1.29 is 0 Å². The highest BCUT2D eigenvalue weighted by Crippen LogP contribution is 2.43. The van der Waals surface area contributed by atoms with Gasteiger partial charge in [-0.3, -0.25) is 0 Å². The van der Waals surface area contributed by atoms with Gasteiger partial charge in [0, 0.05) is 21.2 Å². The molecule has 1 atom stereocenters. The predicted molar refractivity (Wildman–Crippen MR) is 154 cm³/mol. The second-order valence-electron chi connectivity index (χ2n) is 10.2. The van der Waals surface area contributed by atoms with Crippen molar-refractivity contribution in [1.29, 1.82) is 0 Å². The maximum atomic E-state index is 2.54. The summed E-state index contributed by atoms with van der Waals surface area (Å²) in [6.45, 7) is 0. The first kappa shape index (κ1) is 21.1. The Balaban J connectivity index is 1.58. The van der Waals surface area contributed by atoms with E-state index in [0.29, 0.717) is 5.92 Å². The fourth-order valence-corrected chi connectivity index (χ4v) is 7.56. The van der Waals surface area contributed by atoms with Gasteiger partial charge in [0.25, 0.3) is 0 Å². The molecule has 4 aliphatic carbocycles. The van der Waals surface area contributed by atoms with Crippen LogP contribution in [0.2, 0.25) is 0 Å². The van der Waals surface area contributed by atoms with Gasteiger partial charge in [-0.15, -0.1) is 11.3 Å². The standard InChI is InChI=1S/C34H30S/c1-3-12-24(13-4-1)30-22-35-34-32(25-14-5-2-6-15-25)31(28-17-9-10-18-29(28)33(30)34)27-20-19-23-11-7-8-16-26(23)21-27/h1,3-5,7,11-15,17-20,22,26H,2,6,8-10,16,21H2. The molecule has 0 bridgehead atoms. The lowest BCUT2D eigenvalue weighted by Gasteiger charge is -2.28. The molecule has 0 saturated carbocycles. The second-order valence-corrected chi connectivity index (χ2v) is 11.0. The van der Waals surface area contributed by atoms with Gasteiger partial charge in [0.1, 0.15) is 0 Å². The van der Waals surface area contributed by atoms with Crippen molar-refractivity contribution in [1.82, 2.24) is 0 Å². The van der Waals surface area contributed by atoms with Crippen LogP contribution in [0.15, 0.2) is 83.8 Å². The minimum absolute atomic E-state index is 0.658. The van der Waals surface area contributed by atoms with Gasteiger partial charge in [0.05, 0.1) is 0 Å². The number of benzene rings is 2. The molecule has 2 aromatic carbocycles. The van der Waals surface area contributed by atoms with Gasteiger partial charge in [-0.05, 0) is 94.5 Å². The van der Waals surface area contributed by atoms with Crippen LogP contribution >= 0.6 is 11.3 Å². The highest BCUT2D eigenvalue weighted by molar-refractivity contribution is 7.18. The number of rotatable bonds is 3. The molecular formula is C34H30S. The maximum absolute atomic E-state index is 2.54. The Morgan fingerprint density at radius 3 is 2.43 bits per heavy atom. The third-order valence-corrected chi connectivity index (χ3v) is 9.05. The Morgan fingerprint density at radius 2 is 1.57 bits per heavy atom. The van der Waals surface area contributed by atoms with Crippen LogP contribution in [0.25, 0.3) is 44.5 Å². The van der Waals surface area contributed by atoms with Crippen LogP contribution < -0.4 is 10.4 Å². The third-order valence-electron chi connectivity index (χ3n) is 8.06. The van der Waals surface area contributed by atoms with Crippen LogP contribution in [0.4, 0.5) is 0 Å². The van der Waals surface area contributed by atoms with Crippen LogP contribution in [0.5, 0.6) is 0 Å². The summed E-state index contributed by atoms with van der Waals surface area (Å²) in [5, 5.41) is 6.80. The molecule has 0 aliphatic heterocycles. The smallest absolute Gasteiger partial charge is 0.0439 e. The van der Waals surface area contributed by atoms with Gasteiger partial charge < -0.3 is 0 Å². The second kappa shape index (κ2) is 8.81. The van der Waals surface area contributed by atoms with Gasteiger partial charge in [-0.1, -0.05) is 85.0 Å². The Labute approximate surface area is 211 Å². The molecule has 0 saturated heterocycles. The van der Waals surface area contributed by atoms with Gasteiger partial charge >= 0.3 is 0 Å². The number of allylic oxidation sites excluding steroid dienone is 10. The Morgan fingerprint density at radius 1 is 0.743 bits per heavy atom. The molecule has 35 heavy (non-hydrogen) atoms. The lowest BCUT2D eigenvalue weighted by atomic mass is 9.76. The van der Waals surface area contributed by atoms with E-state index in [-0.39, 0.29) is 0 Å². The van der Waals surface area contributed by atoms with Crippen molar-refractivity contribution in [2.24, 2.45) is 5.92 Å². The molecule has 0 spiro atoms. The summed E-state index contributed by atoms with van der Waals surface area (Å²) in [4.78, 5) is 0. The number of hydrogen-bond donors (Lipinski definition) is 0. The van der Waals surface area contributed by atoms with E-state index < -0.39 is 0 Å². The lowest BCUT2D eigenvalue weighted by molar-refractivity contribution is 0.573. The van der Waals surface area contributed by atoms with E-state index >= 15 is 0 Å². The Bertz CT molecular complexity index is 1600. The molecule has 1 heteroatoms. The molecule has 3 aromatic rings. The molecule has 0 radical (unpaired) electrons. The van der Waals surface area contributed by atoms with E-state index in [1.807, 2.05) is 11.3 Å². The van der Waals surface area contributed by atoms with Crippen molar-refractivity contribution in [2.45, 2.75) is 44.9 Å². The molecule has 1 unspecified atom stereocenters. The summed E-state index contributed by atoms with van der Waals surface area (Å²) in [5.41, 5.74) is 10.2. The SMILES string of the molecule is C1=CC(c2c(C3=CC=C4C=CCCC4C3)c3c(c4c(-c5ccccc5)csc24)=CCCC=3)=CCC1. The molecule has 0 amide bonds. The summed E-state index contributed by atoms with van der Waals surface area (Å²) < 4.78 is 1.46. The van der Waals surface area contributed by atoms with E-state index in [1.165, 1.54) is 72.3 Å². The zero-order chi connectivity index (χ0) is 23.2. The highest BCUT2D eigenvalue weighted by atomic mass is 32.1. The number of thiophene rings is 1. The zero-order valence-corrected chi connectivity index (χ0v) is 20.9. The highest BCUT2D eigenvalue weighted by Gasteiger charge is 2.26. The topological polar surface area (TPSA) is 0 Å². The van der Waals surface area contributed by atoms with Crippen LogP contribution in [0.1, 0.15) is 56.1 Å². The van der Waals surface area contributed by atoms with Crippen molar-refractivity contribution in [3.05, 3.63) is 105 Å². The molecule has 1 aromatic heterocycles. The fraction of sp³-hybridized carbons (Fsp3) is 0.235. The molecule has 4 aliphatic rings. The van der Waals surface area contributed by atoms with Crippen molar-refractivity contribution in [3.8, 4) is 11.1 Å². The van der Waals surface area contributed by atoms with E-state index in [9.17, 15) is 0 Å². The minimum atomic E-state index is 0.658. The zero-order valence-electron chi connectivity index (χ0n) is 20.1. The Hall–Kier alpha value is -3.16. The first-order chi connectivity index (χ1) is 17.4. The van der Waals surface area contributed by atoms with Gasteiger partial charge in [0.2, 0.25) is 0 Å². The molecule has 0 N–H and O–H groups in total. The average Bonchev–Trinajstić information content (AvgIpc) is 3.38. The van der Waals surface area contributed by atoms with Crippen LogP contribution in [-0.4, -0.2) is 0 Å². The summed E-state index contributed by atoms with van der Waals surface area (Å²) in [5.74, 6) is 0.658. The van der Waals surface area contributed by atoms with Crippen molar-refractivity contribution in [3.63, 3.8) is 0 Å². The molecule has 1 heterocycles. The first-order valence-electron chi connectivity index (χ1n) is 13.2. The predicted octanol–water partition coefficient (Wildman–Crippen LogP) is 8.34. The fourth-order valence-electron chi connectivity index (χ4n) is 6.39. The van der Waals surface area contributed by atoms with Crippen molar-refractivity contribution >= 4 is 44.7 Å². The van der Waals surface area contributed by atoms with Crippen molar-refractivity contribution in [2.75, 3.05) is 0 Å². The largest absolute Gasteiger partial charge is 0.142 e. The Kier molecular flexibility index (Phi) is 5.32. The van der Waals surface area contributed by atoms with Gasteiger partial charge in [0.15, 0.2) is 0 Å². The van der Waals surface area contributed by atoms with E-state index in [1.54, 1.807) is 0 Å². The third kappa shape index (κ3) is 3.56.